The molecule has 0 spiro atoms. The highest BCUT2D eigenvalue weighted by molar-refractivity contribution is 5.79. The van der Waals surface area contributed by atoms with Gasteiger partial charge in [-0.15, -0.1) is 0 Å². The molecule has 0 aliphatic carbocycles. The molecule has 0 aliphatic heterocycles. The highest BCUT2D eigenvalue weighted by Gasteiger charge is 2.15. The molecule has 0 fully saturated rings. The van der Waals surface area contributed by atoms with Gasteiger partial charge in [-0.3, -0.25) is 10.0 Å². The van der Waals surface area contributed by atoms with Crippen LogP contribution < -0.4 is 5.48 Å². The standard InChI is InChI=1S/C7H14FNO4/c1-2-12-3-4-13-5-6(8)7(10)9-11/h6,11H,2-5H2,1H3,(H,9,10). The molecule has 78 valence electrons. The molecule has 5 nitrogen and oxygen atoms in total. The number of halogens is 1. The number of hydrogen-bond donors (Lipinski definition) is 2. The Morgan fingerprint density at radius 1 is 1.54 bits per heavy atom. The lowest BCUT2D eigenvalue weighted by Gasteiger charge is -2.06. The van der Waals surface area contributed by atoms with Crippen molar-refractivity contribution in [3.8, 4) is 0 Å². The van der Waals surface area contributed by atoms with Gasteiger partial charge in [0.2, 0.25) is 6.17 Å². The largest absolute Gasteiger partial charge is 0.379 e. The number of carbonyl (C=O) groups excluding carboxylic acids is 1. The Bertz CT molecular complexity index is 144. The van der Waals surface area contributed by atoms with Crippen molar-refractivity contribution in [1.29, 1.82) is 0 Å². The summed E-state index contributed by atoms with van der Waals surface area (Å²) in [6.07, 6.45) is -1.84. The number of carbonyl (C=O) groups is 1. The smallest absolute Gasteiger partial charge is 0.280 e. The van der Waals surface area contributed by atoms with Gasteiger partial charge in [0.25, 0.3) is 5.91 Å². The van der Waals surface area contributed by atoms with E-state index in [2.05, 4.69) is 0 Å². The fraction of sp³-hybridized carbons (Fsp3) is 0.857. The molecular formula is C7H14FNO4. The summed E-state index contributed by atoms with van der Waals surface area (Å²) in [6, 6.07) is 0. The zero-order valence-corrected chi connectivity index (χ0v) is 7.46. The van der Waals surface area contributed by atoms with Gasteiger partial charge in [-0.05, 0) is 6.92 Å². The molecule has 6 heteroatoms. The van der Waals surface area contributed by atoms with Crippen LogP contribution in [0.5, 0.6) is 0 Å². The highest BCUT2D eigenvalue weighted by atomic mass is 19.1. The molecule has 1 amide bonds. The molecule has 0 rings (SSSR count). The average molecular weight is 195 g/mol. The maximum Gasteiger partial charge on any atom is 0.280 e. The summed E-state index contributed by atoms with van der Waals surface area (Å²) in [5.74, 6) is -1.10. The monoisotopic (exact) mass is 195 g/mol. The number of hydroxylamine groups is 1. The van der Waals surface area contributed by atoms with Crippen molar-refractivity contribution >= 4 is 5.91 Å². The summed E-state index contributed by atoms with van der Waals surface area (Å²) >= 11 is 0. The topological polar surface area (TPSA) is 67.8 Å². The predicted octanol–water partition coefficient (Wildman–Crippen LogP) is -0.117. The molecule has 0 saturated carbocycles. The summed E-state index contributed by atoms with van der Waals surface area (Å²) in [7, 11) is 0. The first kappa shape index (κ1) is 12.3. The molecule has 0 aliphatic rings. The third kappa shape index (κ3) is 6.44. The van der Waals surface area contributed by atoms with Crippen LogP contribution in [0.2, 0.25) is 0 Å². The van der Waals surface area contributed by atoms with E-state index in [1.807, 2.05) is 6.92 Å². The van der Waals surface area contributed by atoms with E-state index in [0.29, 0.717) is 13.2 Å². The van der Waals surface area contributed by atoms with E-state index in [0.717, 1.165) is 0 Å². The van der Waals surface area contributed by atoms with Gasteiger partial charge in [0, 0.05) is 6.61 Å². The van der Waals surface area contributed by atoms with Gasteiger partial charge in [0.15, 0.2) is 0 Å². The van der Waals surface area contributed by atoms with Crippen LogP contribution in [0.1, 0.15) is 6.92 Å². The Kier molecular flexibility index (Phi) is 7.47. The van der Waals surface area contributed by atoms with Gasteiger partial charge >= 0.3 is 0 Å². The van der Waals surface area contributed by atoms with Crippen LogP contribution in [0.15, 0.2) is 0 Å². The minimum atomic E-state index is -1.84. The third-order valence-corrected chi connectivity index (χ3v) is 1.23. The number of alkyl halides is 1. The van der Waals surface area contributed by atoms with Gasteiger partial charge in [-0.2, -0.15) is 0 Å². The maximum atomic E-state index is 12.6. The second-order valence-corrected chi connectivity index (χ2v) is 2.22. The first-order valence-electron chi connectivity index (χ1n) is 3.95. The normalized spacial score (nSPS) is 12.5. The minimum Gasteiger partial charge on any atom is -0.379 e. The highest BCUT2D eigenvalue weighted by Crippen LogP contribution is 1.91. The maximum absolute atomic E-state index is 12.6. The van der Waals surface area contributed by atoms with Crippen LogP contribution in [-0.4, -0.2) is 43.7 Å². The number of amides is 1. The van der Waals surface area contributed by atoms with Crippen molar-refractivity contribution < 1.29 is 23.9 Å². The fourth-order valence-electron chi connectivity index (χ4n) is 0.595. The number of hydrogen-bond acceptors (Lipinski definition) is 4. The quantitative estimate of drug-likeness (QED) is 0.337. The van der Waals surface area contributed by atoms with Crippen molar-refractivity contribution in [2.45, 2.75) is 13.1 Å². The predicted molar refractivity (Wildman–Crippen MR) is 42.1 cm³/mol. The Hall–Kier alpha value is -0.720. The summed E-state index contributed by atoms with van der Waals surface area (Å²) < 4.78 is 22.2. The van der Waals surface area contributed by atoms with Gasteiger partial charge in [0.05, 0.1) is 19.8 Å². The Balaban J connectivity index is 3.26. The summed E-state index contributed by atoms with van der Waals surface area (Å²) in [5, 5.41) is 8.03. The molecule has 0 saturated heterocycles. The lowest BCUT2D eigenvalue weighted by molar-refractivity contribution is -0.136. The molecule has 13 heavy (non-hydrogen) atoms. The lowest BCUT2D eigenvalue weighted by Crippen LogP contribution is -2.32. The Labute approximate surface area is 75.8 Å². The zero-order valence-electron chi connectivity index (χ0n) is 7.46. The van der Waals surface area contributed by atoms with E-state index >= 15 is 0 Å². The molecule has 0 aromatic rings. The first-order valence-corrected chi connectivity index (χ1v) is 3.95. The van der Waals surface area contributed by atoms with E-state index in [1.165, 1.54) is 5.48 Å². The lowest BCUT2D eigenvalue weighted by atomic mass is 10.4. The molecular weight excluding hydrogens is 181 g/mol. The van der Waals surface area contributed by atoms with Gasteiger partial charge in [0.1, 0.15) is 0 Å². The van der Waals surface area contributed by atoms with Crippen molar-refractivity contribution in [2.75, 3.05) is 26.4 Å². The second-order valence-electron chi connectivity index (χ2n) is 2.22. The van der Waals surface area contributed by atoms with Crippen LogP contribution in [0.4, 0.5) is 4.39 Å². The van der Waals surface area contributed by atoms with E-state index in [-0.39, 0.29) is 13.2 Å². The molecule has 2 N–H and O–H groups in total. The van der Waals surface area contributed by atoms with Gasteiger partial charge in [-0.1, -0.05) is 0 Å². The number of rotatable bonds is 7. The second kappa shape index (κ2) is 7.90. The van der Waals surface area contributed by atoms with Crippen LogP contribution in [0, 0.1) is 0 Å². The van der Waals surface area contributed by atoms with Crippen LogP contribution >= 0.6 is 0 Å². The van der Waals surface area contributed by atoms with Crippen molar-refractivity contribution in [3.05, 3.63) is 0 Å². The zero-order chi connectivity index (χ0) is 10.1. The molecule has 0 heterocycles. The molecule has 0 aromatic carbocycles. The van der Waals surface area contributed by atoms with E-state index in [9.17, 15) is 9.18 Å². The molecule has 0 aromatic heterocycles. The van der Waals surface area contributed by atoms with Crippen LogP contribution in [0.3, 0.4) is 0 Å². The van der Waals surface area contributed by atoms with Crippen LogP contribution in [0.25, 0.3) is 0 Å². The molecule has 1 atom stereocenters. The van der Waals surface area contributed by atoms with E-state index in [1.54, 1.807) is 0 Å². The van der Waals surface area contributed by atoms with E-state index in [4.69, 9.17) is 14.7 Å². The van der Waals surface area contributed by atoms with E-state index < -0.39 is 12.1 Å². The van der Waals surface area contributed by atoms with Crippen molar-refractivity contribution in [3.63, 3.8) is 0 Å². The Morgan fingerprint density at radius 2 is 2.15 bits per heavy atom. The minimum absolute atomic E-state index is 0.229. The number of ether oxygens (including phenoxy) is 2. The third-order valence-electron chi connectivity index (χ3n) is 1.23. The van der Waals surface area contributed by atoms with Gasteiger partial charge < -0.3 is 9.47 Å². The van der Waals surface area contributed by atoms with Crippen molar-refractivity contribution in [2.24, 2.45) is 0 Å². The van der Waals surface area contributed by atoms with Crippen LogP contribution in [-0.2, 0) is 14.3 Å². The SMILES string of the molecule is CCOCCOCC(F)C(=O)NO. The summed E-state index contributed by atoms with van der Waals surface area (Å²) in [4.78, 5) is 10.4. The average Bonchev–Trinajstić information content (AvgIpc) is 2.16. The summed E-state index contributed by atoms with van der Waals surface area (Å²) in [5.41, 5.74) is 1.19. The fourth-order valence-corrected chi connectivity index (χ4v) is 0.595. The first-order chi connectivity index (χ1) is 6.22. The van der Waals surface area contributed by atoms with Gasteiger partial charge in [-0.25, -0.2) is 9.87 Å². The number of nitrogens with one attached hydrogen (secondary N) is 1. The molecule has 1 unspecified atom stereocenters. The molecule has 0 radical (unpaired) electrons. The summed E-state index contributed by atoms with van der Waals surface area (Å²) in [6.45, 7) is 2.62. The van der Waals surface area contributed by atoms with Crippen molar-refractivity contribution in [1.82, 2.24) is 5.48 Å². The Morgan fingerprint density at radius 3 is 2.69 bits per heavy atom. The molecule has 0 bridgehead atoms.